The Morgan fingerprint density at radius 1 is 1.31 bits per heavy atom. The highest BCUT2D eigenvalue weighted by atomic mass is 19.3. The molecule has 0 saturated heterocycles. The number of hydrogen-bond donors (Lipinski definition) is 1. The molecule has 0 unspecified atom stereocenters. The van der Waals surface area contributed by atoms with Crippen molar-refractivity contribution in [3.8, 4) is 0 Å². The van der Waals surface area contributed by atoms with Gasteiger partial charge < -0.3 is 5.02 Å². The SMILES string of the molecule is CC(C)c1ccc(B(O)OF)cc1. The average molecular weight is 182 g/mol. The van der Waals surface area contributed by atoms with Crippen molar-refractivity contribution in [3.63, 3.8) is 0 Å². The summed E-state index contributed by atoms with van der Waals surface area (Å²) in [5, 5.41) is 8.96. The van der Waals surface area contributed by atoms with E-state index in [1.807, 2.05) is 12.1 Å². The Hall–Kier alpha value is -0.865. The summed E-state index contributed by atoms with van der Waals surface area (Å²) in [6.45, 7) is 4.13. The van der Waals surface area contributed by atoms with Crippen molar-refractivity contribution < 1.29 is 14.4 Å². The maximum absolute atomic E-state index is 11.6. The van der Waals surface area contributed by atoms with Gasteiger partial charge in [0.05, 0.1) is 0 Å². The third-order valence-electron chi connectivity index (χ3n) is 1.97. The minimum absolute atomic E-state index is 0.423. The summed E-state index contributed by atoms with van der Waals surface area (Å²) < 4.78 is 11.6. The lowest BCUT2D eigenvalue weighted by Gasteiger charge is -2.06. The third-order valence-corrected chi connectivity index (χ3v) is 1.97. The van der Waals surface area contributed by atoms with E-state index in [2.05, 4.69) is 18.7 Å². The highest BCUT2D eigenvalue weighted by Gasteiger charge is 2.16. The second-order valence-corrected chi connectivity index (χ2v) is 3.26. The van der Waals surface area contributed by atoms with Crippen molar-refractivity contribution >= 4 is 12.6 Å². The molecular weight excluding hydrogens is 170 g/mol. The van der Waals surface area contributed by atoms with Crippen LogP contribution in [0, 0.1) is 0 Å². The fourth-order valence-electron chi connectivity index (χ4n) is 1.10. The van der Waals surface area contributed by atoms with E-state index in [9.17, 15) is 4.53 Å². The quantitative estimate of drug-likeness (QED) is 0.715. The molecule has 0 spiro atoms. The first-order chi connectivity index (χ1) is 6.15. The highest BCUT2D eigenvalue weighted by molar-refractivity contribution is 6.59. The lowest BCUT2D eigenvalue weighted by molar-refractivity contribution is -0.0267. The second-order valence-electron chi connectivity index (χ2n) is 3.26. The largest absolute Gasteiger partial charge is 0.529 e. The van der Waals surface area contributed by atoms with Crippen LogP contribution in [0.1, 0.15) is 25.3 Å². The highest BCUT2D eigenvalue weighted by Crippen LogP contribution is 2.11. The van der Waals surface area contributed by atoms with Crippen LogP contribution in [-0.4, -0.2) is 12.1 Å². The molecule has 0 amide bonds. The van der Waals surface area contributed by atoms with E-state index < -0.39 is 7.12 Å². The Labute approximate surface area is 77.4 Å². The van der Waals surface area contributed by atoms with Crippen molar-refractivity contribution in [2.75, 3.05) is 0 Å². The van der Waals surface area contributed by atoms with E-state index in [0.717, 1.165) is 5.56 Å². The molecule has 1 N–H and O–H groups in total. The Bertz CT molecular complexity index is 261. The van der Waals surface area contributed by atoms with E-state index in [4.69, 9.17) is 5.02 Å². The molecule has 1 aromatic rings. The molecule has 4 heteroatoms. The molecule has 1 aromatic carbocycles. The van der Waals surface area contributed by atoms with Gasteiger partial charge in [0, 0.05) is 0 Å². The smallest absolute Gasteiger partial charge is 0.421 e. The molecule has 0 heterocycles. The molecule has 0 aliphatic heterocycles. The van der Waals surface area contributed by atoms with Crippen LogP contribution in [0.2, 0.25) is 0 Å². The van der Waals surface area contributed by atoms with Crippen LogP contribution in [0.15, 0.2) is 24.3 Å². The van der Waals surface area contributed by atoms with Gasteiger partial charge in [-0.05, 0) is 16.9 Å². The average Bonchev–Trinajstić information content (AvgIpc) is 2.17. The van der Waals surface area contributed by atoms with Gasteiger partial charge >= 0.3 is 7.12 Å². The normalized spacial score (nSPS) is 10.5. The Kier molecular flexibility index (Phi) is 3.45. The zero-order valence-electron chi connectivity index (χ0n) is 7.70. The minimum atomic E-state index is -1.47. The van der Waals surface area contributed by atoms with Gasteiger partial charge in [-0.25, -0.2) is 4.86 Å². The van der Waals surface area contributed by atoms with Crippen LogP contribution >= 0.6 is 0 Å². The minimum Gasteiger partial charge on any atom is -0.421 e. The Morgan fingerprint density at radius 2 is 1.85 bits per heavy atom. The van der Waals surface area contributed by atoms with Gasteiger partial charge in [0.15, 0.2) is 0 Å². The Balaban J connectivity index is 2.81. The summed E-state index contributed by atoms with van der Waals surface area (Å²) in [5.74, 6) is 0.428. The molecule has 0 aromatic heterocycles. The maximum Gasteiger partial charge on any atom is 0.529 e. The molecular formula is C9H12BFO2. The molecule has 13 heavy (non-hydrogen) atoms. The number of rotatable bonds is 3. The van der Waals surface area contributed by atoms with Crippen molar-refractivity contribution in [2.24, 2.45) is 0 Å². The monoisotopic (exact) mass is 182 g/mol. The van der Waals surface area contributed by atoms with Crippen LogP contribution in [0.25, 0.3) is 0 Å². The molecule has 70 valence electrons. The van der Waals surface area contributed by atoms with Crippen LogP contribution in [-0.2, 0) is 4.86 Å². The van der Waals surface area contributed by atoms with Gasteiger partial charge in [0.25, 0.3) is 0 Å². The molecule has 2 nitrogen and oxygen atoms in total. The summed E-state index contributed by atoms with van der Waals surface area (Å²) in [4.78, 5) is 3.29. The predicted molar refractivity (Wildman–Crippen MR) is 50.3 cm³/mol. The summed E-state index contributed by atoms with van der Waals surface area (Å²) >= 11 is 0. The van der Waals surface area contributed by atoms with Crippen LogP contribution in [0.5, 0.6) is 0 Å². The first-order valence-electron chi connectivity index (χ1n) is 4.20. The number of halogens is 1. The topological polar surface area (TPSA) is 29.5 Å². The summed E-state index contributed by atoms with van der Waals surface area (Å²) in [6, 6.07) is 7.00. The van der Waals surface area contributed by atoms with Crippen molar-refractivity contribution in [2.45, 2.75) is 19.8 Å². The molecule has 0 saturated carbocycles. The lowest BCUT2D eigenvalue weighted by Crippen LogP contribution is -2.30. The van der Waals surface area contributed by atoms with Crippen molar-refractivity contribution in [3.05, 3.63) is 29.8 Å². The van der Waals surface area contributed by atoms with Gasteiger partial charge in [-0.15, -0.1) is 0 Å². The first-order valence-corrected chi connectivity index (χ1v) is 4.20. The molecule has 0 fully saturated rings. The lowest BCUT2D eigenvalue weighted by atomic mass is 9.79. The van der Waals surface area contributed by atoms with Crippen LogP contribution in [0.4, 0.5) is 4.53 Å². The second kappa shape index (κ2) is 4.39. The fourth-order valence-corrected chi connectivity index (χ4v) is 1.10. The van der Waals surface area contributed by atoms with Crippen LogP contribution < -0.4 is 5.46 Å². The van der Waals surface area contributed by atoms with E-state index >= 15 is 0 Å². The molecule has 1 rings (SSSR count). The Morgan fingerprint density at radius 3 is 2.23 bits per heavy atom. The molecule has 0 radical (unpaired) electrons. The van der Waals surface area contributed by atoms with Gasteiger partial charge in [-0.1, -0.05) is 42.6 Å². The zero-order chi connectivity index (χ0) is 9.84. The van der Waals surface area contributed by atoms with E-state index in [1.165, 1.54) is 0 Å². The molecule has 0 atom stereocenters. The predicted octanol–water partition coefficient (Wildman–Crippen LogP) is 1.40. The van der Waals surface area contributed by atoms with E-state index in [1.54, 1.807) is 12.1 Å². The molecule has 0 aliphatic carbocycles. The van der Waals surface area contributed by atoms with Crippen molar-refractivity contribution in [1.29, 1.82) is 0 Å². The summed E-state index contributed by atoms with van der Waals surface area (Å²) in [7, 11) is -1.47. The summed E-state index contributed by atoms with van der Waals surface area (Å²) in [5.41, 5.74) is 1.57. The summed E-state index contributed by atoms with van der Waals surface area (Å²) in [6.07, 6.45) is 0. The van der Waals surface area contributed by atoms with Gasteiger partial charge in [-0.3, -0.25) is 0 Å². The third kappa shape index (κ3) is 2.54. The van der Waals surface area contributed by atoms with Gasteiger partial charge in [0.1, 0.15) is 0 Å². The van der Waals surface area contributed by atoms with Crippen molar-refractivity contribution in [1.82, 2.24) is 0 Å². The van der Waals surface area contributed by atoms with E-state index in [-0.39, 0.29) is 0 Å². The number of benzene rings is 1. The zero-order valence-corrected chi connectivity index (χ0v) is 7.70. The number of hydrogen-bond acceptors (Lipinski definition) is 2. The van der Waals surface area contributed by atoms with E-state index in [0.29, 0.717) is 11.4 Å². The fraction of sp³-hybridized carbons (Fsp3) is 0.333. The first kappa shape index (κ1) is 10.2. The van der Waals surface area contributed by atoms with Crippen LogP contribution in [0.3, 0.4) is 0 Å². The standard InChI is InChI=1S/C9H12BFO2/c1-7(2)8-3-5-9(6-4-8)10(12)13-11/h3-7,12H,1-2H3. The van der Waals surface area contributed by atoms with Gasteiger partial charge in [0.2, 0.25) is 0 Å². The molecule has 0 bridgehead atoms. The maximum atomic E-state index is 11.6. The van der Waals surface area contributed by atoms with Gasteiger partial charge in [-0.2, -0.15) is 0 Å². The molecule has 0 aliphatic rings.